The lowest BCUT2D eigenvalue weighted by Crippen LogP contribution is -2.30. The maximum atomic E-state index is 5.71. The van der Waals surface area contributed by atoms with E-state index in [0.29, 0.717) is 0 Å². The third-order valence-electron chi connectivity index (χ3n) is 3.30. The number of nitrogens with two attached hydrogens (primary N) is 1. The number of hydrogen-bond donors (Lipinski definition) is 2. The molecule has 2 rings (SSSR count). The topological polar surface area (TPSA) is 55.9 Å². The van der Waals surface area contributed by atoms with E-state index in [1.165, 1.54) is 11.1 Å². The molecule has 0 aliphatic rings. The van der Waals surface area contributed by atoms with Crippen molar-refractivity contribution in [1.29, 1.82) is 0 Å². The third kappa shape index (κ3) is 3.05. The van der Waals surface area contributed by atoms with Crippen LogP contribution in [0.1, 0.15) is 28.6 Å². The lowest BCUT2D eigenvalue weighted by molar-refractivity contribution is 0.529. The molecule has 0 spiro atoms. The Morgan fingerprint density at radius 3 is 2.68 bits per heavy atom. The average Bonchev–Trinajstić information content (AvgIpc) is 2.61. The third-order valence-corrected chi connectivity index (χ3v) is 4.34. The average molecular weight is 323 g/mol. The van der Waals surface area contributed by atoms with Crippen molar-refractivity contribution in [3.63, 3.8) is 0 Å². The molecule has 4 nitrogen and oxygen atoms in total. The van der Waals surface area contributed by atoms with Crippen LogP contribution in [0.25, 0.3) is 0 Å². The van der Waals surface area contributed by atoms with Gasteiger partial charge in [0.2, 0.25) is 0 Å². The number of nitrogens with zero attached hydrogens (tertiary/aromatic N) is 2. The van der Waals surface area contributed by atoms with E-state index >= 15 is 0 Å². The van der Waals surface area contributed by atoms with Crippen molar-refractivity contribution in [2.24, 2.45) is 12.9 Å². The number of benzene rings is 1. The molecule has 0 amide bonds. The zero-order valence-electron chi connectivity index (χ0n) is 11.4. The second-order valence-corrected chi connectivity index (χ2v) is 5.60. The van der Waals surface area contributed by atoms with Crippen molar-refractivity contribution in [1.82, 2.24) is 15.2 Å². The number of aryl methyl sites for hydroxylation is 3. The SMILES string of the molecule is Cc1cccc(C(Cc2c(Br)c(C)nn2C)NN)c1. The van der Waals surface area contributed by atoms with Gasteiger partial charge in [-0.25, -0.2) is 0 Å². The molecule has 0 bridgehead atoms. The molecule has 2 aromatic rings. The smallest absolute Gasteiger partial charge is 0.0738 e. The largest absolute Gasteiger partial charge is 0.271 e. The van der Waals surface area contributed by atoms with Gasteiger partial charge in [0, 0.05) is 13.5 Å². The van der Waals surface area contributed by atoms with Gasteiger partial charge in [-0.2, -0.15) is 5.10 Å². The Balaban J connectivity index is 2.29. The van der Waals surface area contributed by atoms with Gasteiger partial charge in [0.1, 0.15) is 0 Å². The fourth-order valence-electron chi connectivity index (χ4n) is 2.26. The van der Waals surface area contributed by atoms with Gasteiger partial charge in [-0.15, -0.1) is 0 Å². The number of halogens is 1. The highest BCUT2D eigenvalue weighted by Gasteiger charge is 2.17. The first-order valence-corrected chi connectivity index (χ1v) is 7.03. The monoisotopic (exact) mass is 322 g/mol. The molecule has 0 aliphatic heterocycles. The summed E-state index contributed by atoms with van der Waals surface area (Å²) in [6.07, 6.45) is 0.790. The molecule has 1 atom stereocenters. The van der Waals surface area contributed by atoms with E-state index in [1.807, 2.05) is 18.7 Å². The van der Waals surface area contributed by atoms with Gasteiger partial charge in [0.05, 0.1) is 21.9 Å². The minimum atomic E-state index is 0.0750. The molecule has 0 radical (unpaired) electrons. The quantitative estimate of drug-likeness (QED) is 0.672. The Hall–Kier alpha value is -1.17. The fourth-order valence-corrected chi connectivity index (χ4v) is 2.75. The van der Waals surface area contributed by atoms with Crippen LogP contribution in [0, 0.1) is 13.8 Å². The first-order chi connectivity index (χ1) is 9.02. The molecule has 1 aromatic heterocycles. The van der Waals surface area contributed by atoms with E-state index < -0.39 is 0 Å². The zero-order chi connectivity index (χ0) is 14.0. The lowest BCUT2D eigenvalue weighted by Gasteiger charge is -2.17. The van der Waals surface area contributed by atoms with Gasteiger partial charge < -0.3 is 0 Å². The Kier molecular flexibility index (Phi) is 4.39. The van der Waals surface area contributed by atoms with Crippen LogP contribution in [-0.2, 0) is 13.5 Å². The van der Waals surface area contributed by atoms with Crippen LogP contribution in [0.5, 0.6) is 0 Å². The number of rotatable bonds is 4. The molecule has 0 saturated carbocycles. The van der Waals surface area contributed by atoms with E-state index in [1.54, 1.807) is 0 Å². The second kappa shape index (κ2) is 5.86. The first-order valence-electron chi connectivity index (χ1n) is 6.23. The van der Waals surface area contributed by atoms with Crippen molar-refractivity contribution < 1.29 is 0 Å². The van der Waals surface area contributed by atoms with Gasteiger partial charge in [0.15, 0.2) is 0 Å². The van der Waals surface area contributed by atoms with Gasteiger partial charge in [-0.05, 0) is 35.3 Å². The van der Waals surface area contributed by atoms with Crippen LogP contribution < -0.4 is 11.3 Å². The van der Waals surface area contributed by atoms with E-state index in [4.69, 9.17) is 5.84 Å². The van der Waals surface area contributed by atoms with Crippen molar-refractivity contribution >= 4 is 15.9 Å². The van der Waals surface area contributed by atoms with Crippen molar-refractivity contribution in [2.45, 2.75) is 26.3 Å². The molecule has 102 valence electrons. The molecule has 0 aliphatic carbocycles. The van der Waals surface area contributed by atoms with E-state index in [9.17, 15) is 0 Å². The standard InChI is InChI=1S/C14H19BrN4/c1-9-5-4-6-11(7-9)12(17-16)8-13-14(15)10(2)18-19(13)3/h4-7,12,17H,8,16H2,1-3H3. The van der Waals surface area contributed by atoms with E-state index in [2.05, 4.69) is 57.6 Å². The minimum Gasteiger partial charge on any atom is -0.271 e. The Morgan fingerprint density at radius 1 is 1.42 bits per heavy atom. The normalized spacial score (nSPS) is 12.7. The molecule has 19 heavy (non-hydrogen) atoms. The molecule has 1 heterocycles. The van der Waals surface area contributed by atoms with Crippen molar-refractivity contribution in [3.05, 3.63) is 51.3 Å². The van der Waals surface area contributed by atoms with Crippen LogP contribution >= 0.6 is 15.9 Å². The summed E-state index contributed by atoms with van der Waals surface area (Å²) >= 11 is 3.59. The van der Waals surface area contributed by atoms with Crippen LogP contribution in [0.2, 0.25) is 0 Å². The summed E-state index contributed by atoms with van der Waals surface area (Å²) in [6.45, 7) is 4.08. The predicted octanol–water partition coefficient (Wildman–Crippen LogP) is 2.55. The summed E-state index contributed by atoms with van der Waals surface area (Å²) in [5.74, 6) is 5.71. The highest BCUT2D eigenvalue weighted by atomic mass is 79.9. The van der Waals surface area contributed by atoms with Gasteiger partial charge in [0.25, 0.3) is 0 Å². The van der Waals surface area contributed by atoms with Gasteiger partial charge in [-0.1, -0.05) is 29.8 Å². The minimum absolute atomic E-state index is 0.0750. The maximum absolute atomic E-state index is 5.71. The Bertz CT molecular complexity index is 577. The van der Waals surface area contributed by atoms with E-state index in [-0.39, 0.29) is 6.04 Å². The first kappa shape index (κ1) is 14.2. The Morgan fingerprint density at radius 2 is 2.16 bits per heavy atom. The number of hydrazine groups is 1. The van der Waals surface area contributed by atoms with Crippen LogP contribution in [0.3, 0.4) is 0 Å². The molecular formula is C14H19BrN4. The molecule has 0 saturated heterocycles. The predicted molar refractivity (Wildman–Crippen MR) is 80.6 cm³/mol. The van der Waals surface area contributed by atoms with Crippen LogP contribution in [0.15, 0.2) is 28.7 Å². The number of aromatic nitrogens is 2. The molecule has 1 unspecified atom stereocenters. The van der Waals surface area contributed by atoms with Crippen LogP contribution in [0.4, 0.5) is 0 Å². The van der Waals surface area contributed by atoms with Gasteiger partial charge >= 0.3 is 0 Å². The summed E-state index contributed by atoms with van der Waals surface area (Å²) < 4.78 is 2.96. The number of nitrogens with one attached hydrogen (secondary N) is 1. The summed E-state index contributed by atoms with van der Waals surface area (Å²) in [6, 6.07) is 8.46. The van der Waals surface area contributed by atoms with Crippen LogP contribution in [-0.4, -0.2) is 9.78 Å². The molecule has 5 heteroatoms. The number of hydrogen-bond acceptors (Lipinski definition) is 3. The molecule has 0 fully saturated rings. The van der Waals surface area contributed by atoms with Gasteiger partial charge in [-0.3, -0.25) is 16.0 Å². The van der Waals surface area contributed by atoms with Crippen molar-refractivity contribution in [2.75, 3.05) is 0 Å². The maximum Gasteiger partial charge on any atom is 0.0738 e. The summed E-state index contributed by atoms with van der Waals surface area (Å²) in [7, 11) is 1.96. The zero-order valence-corrected chi connectivity index (χ0v) is 13.0. The second-order valence-electron chi connectivity index (χ2n) is 4.81. The highest BCUT2D eigenvalue weighted by Crippen LogP contribution is 2.26. The summed E-state index contributed by atoms with van der Waals surface area (Å²) in [5, 5.41) is 4.41. The van der Waals surface area contributed by atoms with E-state index in [0.717, 1.165) is 22.3 Å². The Labute approximate surface area is 122 Å². The molecule has 1 aromatic carbocycles. The van der Waals surface area contributed by atoms with Crippen molar-refractivity contribution in [3.8, 4) is 0 Å². The fraction of sp³-hybridized carbons (Fsp3) is 0.357. The summed E-state index contributed by atoms with van der Waals surface area (Å²) in [5.41, 5.74) is 7.46. The molecular weight excluding hydrogens is 304 g/mol. The lowest BCUT2D eigenvalue weighted by atomic mass is 10.0. The highest BCUT2D eigenvalue weighted by molar-refractivity contribution is 9.10. The molecule has 3 N–H and O–H groups in total. The summed E-state index contributed by atoms with van der Waals surface area (Å²) in [4.78, 5) is 0.